The van der Waals surface area contributed by atoms with Crippen molar-refractivity contribution in [2.75, 3.05) is 6.79 Å². The molecule has 6 heteroatoms. The third-order valence-corrected chi connectivity index (χ3v) is 5.15. The summed E-state index contributed by atoms with van der Waals surface area (Å²) in [5, 5.41) is 2.91. The highest BCUT2D eigenvalue weighted by Gasteiger charge is 2.29. The summed E-state index contributed by atoms with van der Waals surface area (Å²) in [6.45, 7) is 0.138. The molecule has 1 aliphatic heterocycles. The Hall–Kier alpha value is -3.02. The lowest BCUT2D eigenvalue weighted by Crippen LogP contribution is -2.38. The van der Waals surface area contributed by atoms with Crippen molar-refractivity contribution >= 4 is 11.9 Å². The zero-order chi connectivity index (χ0) is 19.3. The van der Waals surface area contributed by atoms with Gasteiger partial charge >= 0.3 is 6.09 Å². The number of ether oxygens (including phenoxy) is 3. The third-order valence-electron chi connectivity index (χ3n) is 5.15. The van der Waals surface area contributed by atoms with Gasteiger partial charge in [-0.15, -0.1) is 0 Å². The number of fused-ring (bicyclic) bond motifs is 1. The molecule has 2 aromatic carbocycles. The fourth-order valence-electron chi connectivity index (χ4n) is 3.66. The molecule has 0 spiro atoms. The molecule has 0 saturated heterocycles. The Morgan fingerprint density at radius 1 is 0.964 bits per heavy atom. The zero-order valence-corrected chi connectivity index (χ0v) is 15.6. The number of carbonyl (C=O) groups is 2. The van der Waals surface area contributed by atoms with Gasteiger partial charge in [-0.25, -0.2) is 4.79 Å². The SMILES string of the molecule is O=C(NC1CCCCC1)OC(C(=O)c1ccccc1)c1ccc2c(c1)OCO2. The lowest BCUT2D eigenvalue weighted by molar-refractivity contribution is 0.0613. The number of Topliss-reactive ketones (excluding diaryl/α,β-unsaturated/α-hetero) is 1. The van der Waals surface area contributed by atoms with Crippen LogP contribution in [-0.2, 0) is 4.74 Å². The topological polar surface area (TPSA) is 73.9 Å². The Kier molecular flexibility index (Phi) is 5.46. The van der Waals surface area contributed by atoms with E-state index in [1.807, 2.05) is 6.07 Å². The van der Waals surface area contributed by atoms with Gasteiger partial charge in [-0.1, -0.05) is 55.7 Å². The first-order chi connectivity index (χ1) is 13.7. The van der Waals surface area contributed by atoms with Crippen LogP contribution in [0, 0.1) is 0 Å². The van der Waals surface area contributed by atoms with E-state index in [4.69, 9.17) is 14.2 Å². The lowest BCUT2D eigenvalue weighted by Gasteiger charge is -2.24. The molecule has 2 aromatic rings. The molecule has 0 bridgehead atoms. The molecule has 4 rings (SSSR count). The fourth-order valence-corrected chi connectivity index (χ4v) is 3.66. The maximum Gasteiger partial charge on any atom is 0.408 e. The predicted octanol–water partition coefficient (Wildman–Crippen LogP) is 4.40. The fraction of sp³-hybridized carbons (Fsp3) is 0.364. The standard InChI is InChI=1S/C22H23NO5/c24-20(15-7-3-1-4-8-15)21(16-11-12-18-19(13-16)27-14-26-18)28-22(25)23-17-9-5-2-6-10-17/h1,3-4,7-8,11-13,17,21H,2,5-6,9-10,14H2,(H,23,25). The molecule has 1 unspecified atom stereocenters. The zero-order valence-electron chi connectivity index (χ0n) is 15.6. The molecule has 1 amide bonds. The van der Waals surface area contributed by atoms with E-state index >= 15 is 0 Å². The van der Waals surface area contributed by atoms with Gasteiger partial charge in [0.15, 0.2) is 17.6 Å². The van der Waals surface area contributed by atoms with Crippen molar-refractivity contribution in [3.8, 4) is 11.5 Å². The second-order valence-corrected chi connectivity index (χ2v) is 7.11. The molecule has 6 nitrogen and oxygen atoms in total. The van der Waals surface area contributed by atoms with Crippen molar-refractivity contribution < 1.29 is 23.8 Å². The molecule has 28 heavy (non-hydrogen) atoms. The van der Waals surface area contributed by atoms with E-state index < -0.39 is 12.2 Å². The van der Waals surface area contributed by atoms with Crippen molar-refractivity contribution in [1.29, 1.82) is 0 Å². The molecular weight excluding hydrogens is 358 g/mol. The second-order valence-electron chi connectivity index (χ2n) is 7.11. The molecule has 0 radical (unpaired) electrons. The number of alkyl carbamates (subject to hydrolysis) is 1. The van der Waals surface area contributed by atoms with Crippen molar-refractivity contribution in [2.24, 2.45) is 0 Å². The number of nitrogens with one attached hydrogen (secondary N) is 1. The average Bonchev–Trinajstić information content (AvgIpc) is 3.21. The van der Waals surface area contributed by atoms with Gasteiger partial charge in [0.05, 0.1) is 0 Å². The number of carbonyl (C=O) groups excluding carboxylic acids is 2. The number of amides is 1. The van der Waals surface area contributed by atoms with Crippen LogP contribution in [0.15, 0.2) is 48.5 Å². The smallest absolute Gasteiger partial charge is 0.408 e. The van der Waals surface area contributed by atoms with Gasteiger partial charge in [-0.3, -0.25) is 4.79 Å². The second kappa shape index (κ2) is 8.33. The number of hydrogen-bond donors (Lipinski definition) is 1. The molecule has 0 aromatic heterocycles. The van der Waals surface area contributed by atoms with Crippen LogP contribution >= 0.6 is 0 Å². The number of hydrogen-bond acceptors (Lipinski definition) is 5. The van der Waals surface area contributed by atoms with E-state index in [0.717, 1.165) is 25.7 Å². The molecular formula is C22H23NO5. The molecule has 1 N–H and O–H groups in total. The summed E-state index contributed by atoms with van der Waals surface area (Å²) in [6, 6.07) is 14.1. The van der Waals surface area contributed by atoms with Crippen LogP contribution in [0.1, 0.15) is 54.1 Å². The van der Waals surface area contributed by atoms with E-state index in [2.05, 4.69) is 5.32 Å². The maximum absolute atomic E-state index is 13.1. The van der Waals surface area contributed by atoms with Crippen molar-refractivity contribution in [1.82, 2.24) is 5.32 Å². The average molecular weight is 381 g/mol. The van der Waals surface area contributed by atoms with E-state index in [1.165, 1.54) is 6.42 Å². The van der Waals surface area contributed by atoms with E-state index in [0.29, 0.717) is 22.6 Å². The molecule has 1 saturated carbocycles. The normalized spacial score (nSPS) is 17.0. The van der Waals surface area contributed by atoms with Gasteiger partial charge in [-0.05, 0) is 25.0 Å². The Morgan fingerprint density at radius 3 is 2.50 bits per heavy atom. The minimum Gasteiger partial charge on any atom is -0.454 e. The maximum atomic E-state index is 13.1. The van der Waals surface area contributed by atoms with Crippen LogP contribution in [0.2, 0.25) is 0 Å². The monoisotopic (exact) mass is 381 g/mol. The van der Waals surface area contributed by atoms with Crippen LogP contribution < -0.4 is 14.8 Å². The molecule has 146 valence electrons. The van der Waals surface area contributed by atoms with Crippen molar-refractivity contribution in [3.63, 3.8) is 0 Å². The summed E-state index contributed by atoms with van der Waals surface area (Å²) in [5.41, 5.74) is 1.03. The molecule has 2 aliphatic rings. The van der Waals surface area contributed by atoms with Gasteiger partial charge < -0.3 is 19.5 Å². The highest BCUT2D eigenvalue weighted by atomic mass is 16.7. The summed E-state index contributed by atoms with van der Waals surface area (Å²) in [4.78, 5) is 25.6. The van der Waals surface area contributed by atoms with E-state index in [1.54, 1.807) is 42.5 Å². The van der Waals surface area contributed by atoms with Crippen LogP contribution in [0.25, 0.3) is 0 Å². The minimum absolute atomic E-state index is 0.102. The number of benzene rings is 2. The highest BCUT2D eigenvalue weighted by Crippen LogP contribution is 2.36. The number of rotatable bonds is 5. The Labute approximate surface area is 163 Å². The molecule has 1 aliphatic carbocycles. The molecule has 1 fully saturated rings. The van der Waals surface area contributed by atoms with Crippen LogP contribution in [-0.4, -0.2) is 24.7 Å². The summed E-state index contributed by atoms with van der Waals surface area (Å²) < 4.78 is 16.4. The first-order valence-electron chi connectivity index (χ1n) is 9.66. The quantitative estimate of drug-likeness (QED) is 0.777. The largest absolute Gasteiger partial charge is 0.454 e. The van der Waals surface area contributed by atoms with Gasteiger partial charge in [0.25, 0.3) is 0 Å². The highest BCUT2D eigenvalue weighted by molar-refractivity contribution is 6.01. The molecule has 1 atom stereocenters. The summed E-state index contributed by atoms with van der Waals surface area (Å²) >= 11 is 0. The summed E-state index contributed by atoms with van der Waals surface area (Å²) in [5.74, 6) is 0.874. The van der Waals surface area contributed by atoms with Gasteiger partial charge in [-0.2, -0.15) is 0 Å². The summed E-state index contributed by atoms with van der Waals surface area (Å²) in [6.07, 6.45) is 3.64. The predicted molar refractivity (Wildman–Crippen MR) is 103 cm³/mol. The van der Waals surface area contributed by atoms with Crippen molar-refractivity contribution in [3.05, 3.63) is 59.7 Å². The van der Waals surface area contributed by atoms with Gasteiger partial charge in [0.1, 0.15) is 0 Å². The Bertz CT molecular complexity index is 845. The van der Waals surface area contributed by atoms with E-state index in [-0.39, 0.29) is 18.6 Å². The number of ketones is 1. The van der Waals surface area contributed by atoms with Crippen LogP contribution in [0.4, 0.5) is 4.79 Å². The van der Waals surface area contributed by atoms with Gasteiger partial charge in [0, 0.05) is 17.2 Å². The first kappa shape index (κ1) is 18.3. The molecule has 1 heterocycles. The van der Waals surface area contributed by atoms with Crippen LogP contribution in [0.3, 0.4) is 0 Å². The first-order valence-corrected chi connectivity index (χ1v) is 9.66. The van der Waals surface area contributed by atoms with E-state index in [9.17, 15) is 9.59 Å². The third kappa shape index (κ3) is 4.11. The van der Waals surface area contributed by atoms with Crippen molar-refractivity contribution in [2.45, 2.75) is 44.2 Å². The van der Waals surface area contributed by atoms with Gasteiger partial charge in [0.2, 0.25) is 12.6 Å². The lowest BCUT2D eigenvalue weighted by atomic mass is 9.96. The Balaban J connectivity index is 1.56. The Morgan fingerprint density at radius 2 is 1.71 bits per heavy atom. The minimum atomic E-state index is -1.06. The van der Waals surface area contributed by atoms with Crippen LogP contribution in [0.5, 0.6) is 11.5 Å². The summed E-state index contributed by atoms with van der Waals surface area (Å²) in [7, 11) is 0.